The Balaban J connectivity index is 1.39. The van der Waals surface area contributed by atoms with Crippen molar-refractivity contribution in [3.05, 3.63) is 97.8 Å². The molecule has 0 unspecified atom stereocenters. The van der Waals surface area contributed by atoms with Gasteiger partial charge in [-0.3, -0.25) is 19.7 Å². The average molecular weight is 601 g/mol. The van der Waals surface area contributed by atoms with Crippen LogP contribution in [0.25, 0.3) is 27.7 Å². The van der Waals surface area contributed by atoms with E-state index in [1.54, 1.807) is 36.7 Å². The van der Waals surface area contributed by atoms with Gasteiger partial charge in [0.1, 0.15) is 24.8 Å². The summed E-state index contributed by atoms with van der Waals surface area (Å²) in [5.74, 6) is -3.14. The van der Waals surface area contributed by atoms with Crippen LogP contribution >= 0.6 is 23.4 Å². The van der Waals surface area contributed by atoms with E-state index in [1.807, 2.05) is 0 Å². The average Bonchev–Trinajstić information content (AvgIpc) is 3.28. The molecule has 1 aliphatic heterocycles. The Morgan fingerprint density at radius 3 is 2.39 bits per heavy atom. The van der Waals surface area contributed by atoms with Gasteiger partial charge >= 0.3 is 0 Å². The lowest BCUT2D eigenvalue weighted by Gasteiger charge is -2.18. The molecule has 4 aromatic rings. The van der Waals surface area contributed by atoms with Crippen molar-refractivity contribution in [3.63, 3.8) is 0 Å². The molecule has 0 saturated carbocycles. The van der Waals surface area contributed by atoms with Gasteiger partial charge in [0.05, 0.1) is 26.5 Å². The van der Waals surface area contributed by atoms with Gasteiger partial charge in [0.25, 0.3) is 11.1 Å². The second-order valence-corrected chi connectivity index (χ2v) is 10.4. The fourth-order valence-electron chi connectivity index (χ4n) is 4.43. The normalized spacial score (nSPS) is 14.4. The van der Waals surface area contributed by atoms with E-state index < -0.39 is 34.0 Å². The number of fused-ring (bicyclic) bond motifs is 1. The third-order valence-electron chi connectivity index (χ3n) is 6.42. The summed E-state index contributed by atoms with van der Waals surface area (Å²) in [7, 11) is 1.60. The molecule has 1 fully saturated rings. The van der Waals surface area contributed by atoms with Gasteiger partial charge in [-0.2, -0.15) is 0 Å². The number of carbonyl (C=O) groups is 2. The smallest absolute Gasteiger partial charge is 0.290 e. The highest BCUT2D eigenvalue weighted by atomic mass is 35.5. The third kappa shape index (κ3) is 5.55. The number of ether oxygens (including phenoxy) is 2. The highest BCUT2D eigenvalue weighted by Gasteiger charge is 2.28. The van der Waals surface area contributed by atoms with Gasteiger partial charge in [0.15, 0.2) is 17.4 Å². The number of imide groups is 1. The van der Waals surface area contributed by atoms with Crippen molar-refractivity contribution in [1.82, 2.24) is 9.88 Å². The number of pyridine rings is 1. The highest BCUT2D eigenvalue weighted by molar-refractivity contribution is 8.18. The van der Waals surface area contributed by atoms with Crippen LogP contribution in [-0.4, -0.2) is 28.9 Å². The molecule has 0 aliphatic carbocycles. The molecule has 1 saturated heterocycles. The predicted octanol–water partition coefficient (Wildman–Crippen LogP) is 6.45. The number of hydrogen-bond donors (Lipinski definition) is 1. The van der Waals surface area contributed by atoms with Crippen LogP contribution in [0.2, 0.25) is 5.02 Å². The zero-order valence-corrected chi connectivity index (χ0v) is 23.1. The Labute approximate surface area is 240 Å². The molecule has 1 N–H and O–H groups in total. The van der Waals surface area contributed by atoms with Crippen LogP contribution in [0, 0.1) is 17.5 Å². The fourth-order valence-corrected chi connectivity index (χ4v) is 5.40. The molecule has 7 nitrogen and oxygen atoms in total. The maximum atomic E-state index is 14.1. The number of thioether (sulfide) groups is 1. The highest BCUT2D eigenvalue weighted by Crippen LogP contribution is 2.35. The van der Waals surface area contributed by atoms with Gasteiger partial charge < -0.3 is 14.0 Å². The summed E-state index contributed by atoms with van der Waals surface area (Å²) in [6.07, 6.45) is 0. The molecule has 2 heterocycles. The first kappa shape index (κ1) is 28.3. The quantitative estimate of drug-likeness (QED) is 0.194. The number of amides is 2. The Kier molecular flexibility index (Phi) is 7.83. The summed E-state index contributed by atoms with van der Waals surface area (Å²) in [6, 6.07) is 11.8. The van der Waals surface area contributed by atoms with Crippen LogP contribution in [0.1, 0.15) is 12.5 Å². The number of aromatic nitrogens is 1. The molecule has 12 heteroatoms. The van der Waals surface area contributed by atoms with Gasteiger partial charge in [0.2, 0.25) is 5.43 Å². The van der Waals surface area contributed by atoms with E-state index in [1.165, 1.54) is 18.2 Å². The van der Waals surface area contributed by atoms with E-state index in [9.17, 15) is 27.6 Å². The SMILES string of the molecule is CC(=C1SC(=O)NC1=O)c1ccc(OCCOc2c(-c3ccc(F)c(F)c3)n(C)c3ccc(F)cc3c2=O)c(Cl)c1. The molecule has 5 rings (SSSR count). The van der Waals surface area contributed by atoms with E-state index >= 15 is 0 Å². The first-order valence-electron chi connectivity index (χ1n) is 12.1. The standard InChI is InChI=1S/C29H20ClF3N2O5S/c1-14(27-28(37)34-29(38)41-27)15-4-8-23(19(30)11-15)39-9-10-40-26-24(16-3-6-20(32)21(33)12-16)35(2)22-7-5-17(31)13-18(22)25(26)36/h3-8,11-13H,9-10H2,1-2H3,(H,34,37,38). The van der Waals surface area contributed by atoms with Crippen molar-refractivity contribution in [2.24, 2.45) is 7.05 Å². The van der Waals surface area contributed by atoms with Crippen molar-refractivity contribution in [3.8, 4) is 22.8 Å². The van der Waals surface area contributed by atoms with Crippen molar-refractivity contribution in [2.45, 2.75) is 6.92 Å². The molecule has 0 atom stereocenters. The second-order valence-electron chi connectivity index (χ2n) is 9.00. The van der Waals surface area contributed by atoms with E-state index in [0.717, 1.165) is 30.0 Å². The molecule has 1 aromatic heterocycles. The summed E-state index contributed by atoms with van der Waals surface area (Å²) in [6.45, 7) is 1.49. The van der Waals surface area contributed by atoms with E-state index in [0.29, 0.717) is 22.4 Å². The van der Waals surface area contributed by atoms with Crippen molar-refractivity contribution in [2.75, 3.05) is 13.2 Å². The molecule has 0 bridgehead atoms. The first-order valence-corrected chi connectivity index (χ1v) is 13.3. The number of carbonyl (C=O) groups excluding carboxylic acids is 2. The number of hydrogen-bond acceptors (Lipinski definition) is 6. The number of nitrogens with one attached hydrogen (secondary N) is 1. The Morgan fingerprint density at radius 1 is 0.951 bits per heavy atom. The number of aryl methyl sites for hydroxylation is 1. The summed E-state index contributed by atoms with van der Waals surface area (Å²) >= 11 is 7.19. The van der Waals surface area contributed by atoms with Gasteiger partial charge in [-0.25, -0.2) is 13.2 Å². The molecule has 3 aromatic carbocycles. The zero-order chi connectivity index (χ0) is 29.4. The lowest BCUT2D eigenvalue weighted by molar-refractivity contribution is -0.115. The number of nitrogens with zero attached hydrogens (tertiary/aromatic N) is 1. The second kappa shape index (κ2) is 11.3. The minimum Gasteiger partial charge on any atom is -0.488 e. The minimum absolute atomic E-state index is 0.0497. The summed E-state index contributed by atoms with van der Waals surface area (Å²) in [5.41, 5.74) is 1.29. The number of allylic oxidation sites excluding steroid dienone is 1. The summed E-state index contributed by atoms with van der Waals surface area (Å²) in [4.78, 5) is 37.1. The molecule has 0 radical (unpaired) electrons. The zero-order valence-electron chi connectivity index (χ0n) is 21.5. The Hall–Kier alpha value is -4.22. The lowest BCUT2D eigenvalue weighted by atomic mass is 10.1. The van der Waals surface area contributed by atoms with Crippen LogP contribution in [0.15, 0.2) is 64.3 Å². The van der Waals surface area contributed by atoms with Crippen LogP contribution in [0.4, 0.5) is 18.0 Å². The summed E-state index contributed by atoms with van der Waals surface area (Å²) in [5, 5.41) is 2.04. The maximum Gasteiger partial charge on any atom is 0.290 e. The first-order chi connectivity index (χ1) is 19.5. The van der Waals surface area contributed by atoms with Gasteiger partial charge in [0, 0.05) is 12.6 Å². The Morgan fingerprint density at radius 2 is 1.71 bits per heavy atom. The molecule has 0 spiro atoms. The third-order valence-corrected chi connectivity index (χ3v) is 7.70. The minimum atomic E-state index is -1.11. The Bertz CT molecular complexity index is 1840. The molecular weight excluding hydrogens is 581 g/mol. The van der Waals surface area contributed by atoms with Crippen LogP contribution in [0.3, 0.4) is 0 Å². The van der Waals surface area contributed by atoms with Crippen LogP contribution in [0.5, 0.6) is 11.5 Å². The maximum absolute atomic E-state index is 14.1. The summed E-state index contributed by atoms with van der Waals surface area (Å²) < 4.78 is 54.8. The molecule has 210 valence electrons. The van der Waals surface area contributed by atoms with Gasteiger partial charge in [-0.15, -0.1) is 0 Å². The monoisotopic (exact) mass is 600 g/mol. The van der Waals surface area contributed by atoms with Crippen molar-refractivity contribution >= 4 is 51.0 Å². The van der Waals surface area contributed by atoms with Crippen molar-refractivity contribution < 1.29 is 32.2 Å². The van der Waals surface area contributed by atoms with Crippen LogP contribution < -0.4 is 20.2 Å². The van der Waals surface area contributed by atoms with E-state index in [2.05, 4.69) is 5.32 Å². The van der Waals surface area contributed by atoms with Gasteiger partial charge in [-0.05, 0) is 78.4 Å². The molecule has 1 aliphatic rings. The lowest BCUT2D eigenvalue weighted by Crippen LogP contribution is -2.19. The largest absolute Gasteiger partial charge is 0.488 e. The topological polar surface area (TPSA) is 86.6 Å². The molecular formula is C29H20ClF3N2O5S. The fraction of sp³-hybridized carbons (Fsp3) is 0.138. The van der Waals surface area contributed by atoms with Gasteiger partial charge in [-0.1, -0.05) is 17.7 Å². The number of halogens is 4. The van der Waals surface area contributed by atoms with E-state index in [4.69, 9.17) is 21.1 Å². The number of rotatable bonds is 7. The predicted molar refractivity (Wildman–Crippen MR) is 151 cm³/mol. The number of benzene rings is 3. The molecule has 2 amide bonds. The van der Waals surface area contributed by atoms with E-state index in [-0.39, 0.29) is 45.5 Å². The van der Waals surface area contributed by atoms with Crippen molar-refractivity contribution in [1.29, 1.82) is 0 Å². The molecule has 41 heavy (non-hydrogen) atoms. The van der Waals surface area contributed by atoms with Crippen LogP contribution in [-0.2, 0) is 11.8 Å².